The van der Waals surface area contributed by atoms with Crippen molar-refractivity contribution in [2.45, 2.75) is 0 Å². The zero-order chi connectivity index (χ0) is 22.5. The van der Waals surface area contributed by atoms with Gasteiger partial charge >= 0.3 is 0 Å². The minimum Gasteiger partial charge on any atom is -0.356 e. The average Bonchev–Trinajstić information content (AvgIpc) is 3.20. The van der Waals surface area contributed by atoms with Crippen molar-refractivity contribution >= 4 is 50.5 Å². The van der Waals surface area contributed by atoms with E-state index in [4.69, 9.17) is 0 Å². The molecule has 1 N–H and O–H groups in total. The molecule has 0 saturated heterocycles. The first-order chi connectivity index (χ1) is 15.7. The molecule has 3 aromatic carbocycles. The van der Waals surface area contributed by atoms with Gasteiger partial charge in [-0.3, -0.25) is 0 Å². The highest BCUT2D eigenvalue weighted by atomic mass is 32.1. The molecule has 0 amide bonds. The molecule has 0 aliphatic rings. The fourth-order valence-electron chi connectivity index (χ4n) is 3.75. The van der Waals surface area contributed by atoms with Crippen molar-refractivity contribution in [1.29, 1.82) is 0 Å². The Morgan fingerprint density at radius 1 is 0.750 bits per heavy atom. The summed E-state index contributed by atoms with van der Waals surface area (Å²) >= 11 is 1.75. The van der Waals surface area contributed by atoms with Crippen molar-refractivity contribution in [3.05, 3.63) is 127 Å². The summed E-state index contributed by atoms with van der Waals surface area (Å²) in [7, 11) is 0. The second-order valence-corrected chi connectivity index (χ2v) is 8.42. The van der Waals surface area contributed by atoms with Crippen molar-refractivity contribution in [2.24, 2.45) is 0 Å². The Morgan fingerprint density at radius 3 is 2.00 bits per heavy atom. The van der Waals surface area contributed by atoms with E-state index >= 15 is 0 Å². The third-order valence-corrected chi connectivity index (χ3v) is 6.57. The first-order valence-corrected chi connectivity index (χ1v) is 11.2. The van der Waals surface area contributed by atoms with Gasteiger partial charge in [-0.05, 0) is 64.2 Å². The Hall–Kier alpha value is -3.88. The van der Waals surface area contributed by atoms with Gasteiger partial charge in [0, 0.05) is 26.3 Å². The molecule has 0 bridgehead atoms. The third kappa shape index (κ3) is 4.27. The minimum absolute atomic E-state index is 1.04. The lowest BCUT2D eigenvalue weighted by Gasteiger charge is -2.09. The lowest BCUT2D eigenvalue weighted by atomic mass is 10.0. The van der Waals surface area contributed by atoms with Crippen LogP contribution in [0.2, 0.25) is 0 Å². The van der Waals surface area contributed by atoms with Crippen molar-refractivity contribution in [1.82, 2.24) is 0 Å². The Bertz CT molecular complexity index is 1330. The zero-order valence-electron chi connectivity index (χ0n) is 18.0. The summed E-state index contributed by atoms with van der Waals surface area (Å²) < 4.78 is 1.25. The van der Waals surface area contributed by atoms with Crippen LogP contribution in [0.5, 0.6) is 0 Å². The summed E-state index contributed by atoms with van der Waals surface area (Å²) in [5, 5.41) is 4.70. The van der Waals surface area contributed by atoms with Gasteiger partial charge in [0.05, 0.1) is 0 Å². The van der Waals surface area contributed by atoms with Crippen LogP contribution < -0.4 is 5.32 Å². The normalized spacial score (nSPS) is 11.2. The van der Waals surface area contributed by atoms with Gasteiger partial charge in [0.1, 0.15) is 0 Å². The number of nitrogens with one attached hydrogen (secondary N) is 1. The van der Waals surface area contributed by atoms with Gasteiger partial charge in [0.15, 0.2) is 0 Å². The smallest absolute Gasteiger partial charge is 0.0384 e. The van der Waals surface area contributed by atoms with Gasteiger partial charge in [-0.15, -0.1) is 11.3 Å². The molecule has 0 aliphatic heterocycles. The summed E-state index contributed by atoms with van der Waals surface area (Å²) in [5.74, 6) is 0. The first-order valence-electron chi connectivity index (χ1n) is 10.4. The van der Waals surface area contributed by atoms with E-state index in [1.54, 1.807) is 17.4 Å². The predicted molar refractivity (Wildman–Crippen MR) is 146 cm³/mol. The number of rotatable bonds is 8. The Balaban J connectivity index is 1.55. The quantitative estimate of drug-likeness (QED) is 0.274. The van der Waals surface area contributed by atoms with Gasteiger partial charge < -0.3 is 5.32 Å². The SMILES string of the molecule is C=C/C=C(\C=C)c1ccc(Nc2ccc(-c3ccc4sc(C=C)c(C=C)c4c3)cc2)cc1. The number of allylic oxidation sites excluding steroid dienone is 4. The maximum absolute atomic E-state index is 3.98. The lowest BCUT2D eigenvalue weighted by Crippen LogP contribution is -1.91. The van der Waals surface area contributed by atoms with Crippen molar-refractivity contribution in [3.8, 4) is 11.1 Å². The Morgan fingerprint density at radius 2 is 1.41 bits per heavy atom. The highest BCUT2D eigenvalue weighted by Crippen LogP contribution is 2.36. The van der Waals surface area contributed by atoms with Crippen LogP contribution in [0.25, 0.3) is 38.9 Å². The van der Waals surface area contributed by atoms with Crippen LogP contribution in [0.3, 0.4) is 0 Å². The van der Waals surface area contributed by atoms with Gasteiger partial charge in [0.2, 0.25) is 0 Å². The van der Waals surface area contributed by atoms with Gasteiger partial charge in [-0.2, -0.15) is 0 Å². The van der Waals surface area contributed by atoms with E-state index in [-0.39, 0.29) is 0 Å². The summed E-state index contributed by atoms with van der Waals surface area (Å²) in [6, 6.07) is 23.4. The van der Waals surface area contributed by atoms with E-state index in [1.807, 2.05) is 24.3 Å². The van der Waals surface area contributed by atoms with E-state index in [9.17, 15) is 0 Å². The van der Waals surface area contributed by atoms with Crippen LogP contribution in [0.15, 0.2) is 111 Å². The largest absolute Gasteiger partial charge is 0.356 e. The first kappa shape index (κ1) is 21.4. The molecule has 4 rings (SSSR count). The molecule has 2 heteroatoms. The molecule has 0 atom stereocenters. The molecule has 0 aliphatic carbocycles. The molecule has 0 fully saturated rings. The van der Waals surface area contributed by atoms with Crippen LogP contribution in [0.1, 0.15) is 16.0 Å². The predicted octanol–water partition coefficient (Wildman–Crippen LogP) is 9.35. The molecule has 0 radical (unpaired) electrons. The zero-order valence-corrected chi connectivity index (χ0v) is 18.8. The van der Waals surface area contributed by atoms with Crippen LogP contribution in [-0.4, -0.2) is 0 Å². The van der Waals surface area contributed by atoms with Gasteiger partial charge in [0.25, 0.3) is 0 Å². The summed E-state index contributed by atoms with van der Waals surface area (Å²) in [6.45, 7) is 15.5. The van der Waals surface area contributed by atoms with E-state index < -0.39 is 0 Å². The lowest BCUT2D eigenvalue weighted by molar-refractivity contribution is 1.53. The van der Waals surface area contributed by atoms with Crippen LogP contribution >= 0.6 is 11.3 Å². The monoisotopic (exact) mass is 431 g/mol. The standard InChI is InChI=1S/C30H25NS/c1-5-9-21(6-2)22-10-15-25(16-11-22)31-26-17-12-23(13-18-26)24-14-19-30-28(20-24)27(7-3)29(8-4)32-30/h5-20,31H,1-4H2/b21-9+. The molecule has 0 unspecified atom stereocenters. The molecule has 1 aromatic heterocycles. The van der Waals surface area contributed by atoms with E-state index in [1.165, 1.54) is 21.2 Å². The fourth-order valence-corrected chi connectivity index (χ4v) is 4.78. The molecule has 1 nitrogen and oxygen atoms in total. The third-order valence-electron chi connectivity index (χ3n) is 5.39. The Kier molecular flexibility index (Phi) is 6.34. The molecule has 0 saturated carbocycles. The molecule has 156 valence electrons. The van der Waals surface area contributed by atoms with Crippen LogP contribution in [0, 0.1) is 0 Å². The second kappa shape index (κ2) is 9.51. The van der Waals surface area contributed by atoms with E-state index in [2.05, 4.69) is 98.4 Å². The molecular formula is C30H25NS. The summed E-state index contributed by atoms with van der Waals surface area (Å²) in [5.41, 5.74) is 7.78. The van der Waals surface area contributed by atoms with Crippen molar-refractivity contribution in [2.75, 3.05) is 5.32 Å². The van der Waals surface area contributed by atoms with Crippen LogP contribution in [-0.2, 0) is 0 Å². The maximum Gasteiger partial charge on any atom is 0.0384 e. The second-order valence-electron chi connectivity index (χ2n) is 7.34. The molecular weight excluding hydrogens is 406 g/mol. The minimum atomic E-state index is 1.04. The molecule has 32 heavy (non-hydrogen) atoms. The van der Waals surface area contributed by atoms with Gasteiger partial charge in [-0.25, -0.2) is 0 Å². The van der Waals surface area contributed by atoms with Crippen LogP contribution in [0.4, 0.5) is 11.4 Å². The number of anilines is 2. The van der Waals surface area contributed by atoms with Gasteiger partial charge in [-0.1, -0.05) is 87.0 Å². The number of thiophene rings is 1. The van der Waals surface area contributed by atoms with Crippen molar-refractivity contribution in [3.63, 3.8) is 0 Å². The fraction of sp³-hybridized carbons (Fsp3) is 0. The number of hydrogen-bond donors (Lipinski definition) is 1. The number of benzene rings is 3. The molecule has 1 heterocycles. The van der Waals surface area contributed by atoms with E-state index in [0.29, 0.717) is 0 Å². The average molecular weight is 432 g/mol. The highest BCUT2D eigenvalue weighted by molar-refractivity contribution is 7.20. The summed E-state index contributed by atoms with van der Waals surface area (Å²) in [4.78, 5) is 1.16. The Labute approximate surface area is 194 Å². The maximum atomic E-state index is 3.98. The van der Waals surface area contributed by atoms with E-state index in [0.717, 1.165) is 33.0 Å². The van der Waals surface area contributed by atoms with Crippen molar-refractivity contribution < 1.29 is 0 Å². The number of fused-ring (bicyclic) bond motifs is 1. The molecule has 4 aromatic rings. The molecule has 0 spiro atoms. The highest BCUT2D eigenvalue weighted by Gasteiger charge is 2.09. The number of hydrogen-bond acceptors (Lipinski definition) is 2. The topological polar surface area (TPSA) is 12.0 Å². The summed E-state index contributed by atoms with van der Waals surface area (Å²) in [6.07, 6.45) is 9.40.